The number of hydrogen-bond donors (Lipinski definition) is 2. The molecule has 2 N–H and O–H groups in total. The standard InChI is InChI=1S/C23H38FNO5Si/c1-14(2)31(15(3)4,16(5)6)30-20(21(26)27)19(17-12-10-11-13-18(17)24)25-22(28)29-23(7,8)9/h10-16,19-20H,1-9H3,(H,25,28)(H,26,27)/t19-,20+/m0/s1. The first-order chi connectivity index (χ1) is 14.1. The molecule has 176 valence electrons. The summed E-state index contributed by atoms with van der Waals surface area (Å²) in [5.74, 6) is -1.88. The van der Waals surface area contributed by atoms with Gasteiger partial charge in [-0.1, -0.05) is 59.7 Å². The van der Waals surface area contributed by atoms with Crippen molar-refractivity contribution in [3.63, 3.8) is 0 Å². The second-order valence-electron chi connectivity index (χ2n) is 9.84. The van der Waals surface area contributed by atoms with Crippen molar-refractivity contribution in [1.82, 2.24) is 5.32 Å². The van der Waals surface area contributed by atoms with Crippen LogP contribution in [-0.2, 0) is 14.0 Å². The van der Waals surface area contributed by atoms with Gasteiger partial charge in [-0.15, -0.1) is 0 Å². The zero-order chi connectivity index (χ0) is 24.1. The van der Waals surface area contributed by atoms with Gasteiger partial charge in [-0.25, -0.2) is 14.0 Å². The SMILES string of the molecule is CC(C)[Si](O[C@@H](C(=O)O)[C@@H](NC(=O)OC(C)(C)C)c1ccccc1F)(C(C)C)C(C)C. The van der Waals surface area contributed by atoms with Gasteiger partial charge < -0.3 is 19.6 Å². The molecular weight excluding hydrogens is 417 g/mol. The maximum absolute atomic E-state index is 14.7. The van der Waals surface area contributed by atoms with Crippen LogP contribution < -0.4 is 5.32 Å². The fraction of sp³-hybridized carbons (Fsp3) is 0.652. The third-order valence-electron chi connectivity index (χ3n) is 5.50. The largest absolute Gasteiger partial charge is 0.479 e. The quantitative estimate of drug-likeness (QED) is 0.444. The van der Waals surface area contributed by atoms with Gasteiger partial charge in [0.25, 0.3) is 0 Å². The average Bonchev–Trinajstić information content (AvgIpc) is 2.58. The number of carbonyl (C=O) groups is 2. The van der Waals surface area contributed by atoms with Crippen LogP contribution in [0.1, 0.15) is 73.9 Å². The first-order valence-electron chi connectivity index (χ1n) is 10.8. The van der Waals surface area contributed by atoms with E-state index in [1.54, 1.807) is 26.8 Å². The molecule has 0 radical (unpaired) electrons. The summed E-state index contributed by atoms with van der Waals surface area (Å²) in [5.41, 5.74) is -0.429. The Morgan fingerprint density at radius 2 is 1.48 bits per heavy atom. The van der Waals surface area contributed by atoms with Gasteiger partial charge in [0.1, 0.15) is 11.4 Å². The summed E-state index contributed by atoms with van der Waals surface area (Å²) >= 11 is 0. The predicted octanol–water partition coefficient (Wildman–Crippen LogP) is 6.04. The Morgan fingerprint density at radius 1 is 1.00 bits per heavy atom. The van der Waals surface area contributed by atoms with Crippen LogP contribution >= 0.6 is 0 Å². The molecule has 1 amide bonds. The number of ether oxygens (including phenoxy) is 1. The van der Waals surface area contributed by atoms with Crippen molar-refractivity contribution in [2.24, 2.45) is 0 Å². The Balaban J connectivity index is 3.54. The highest BCUT2D eigenvalue weighted by atomic mass is 28.4. The number of carbonyl (C=O) groups excluding carboxylic acids is 1. The summed E-state index contributed by atoms with van der Waals surface area (Å²) in [6.07, 6.45) is -2.30. The number of rotatable bonds is 9. The fourth-order valence-corrected chi connectivity index (χ4v) is 9.86. The predicted molar refractivity (Wildman–Crippen MR) is 122 cm³/mol. The van der Waals surface area contributed by atoms with E-state index in [-0.39, 0.29) is 22.2 Å². The Hall–Kier alpha value is -1.93. The number of hydrogen-bond acceptors (Lipinski definition) is 4. The van der Waals surface area contributed by atoms with Gasteiger partial charge >= 0.3 is 12.1 Å². The molecule has 1 aromatic carbocycles. The van der Waals surface area contributed by atoms with Crippen LogP contribution in [0, 0.1) is 5.82 Å². The van der Waals surface area contributed by atoms with Gasteiger partial charge in [0.2, 0.25) is 8.32 Å². The second kappa shape index (κ2) is 10.6. The van der Waals surface area contributed by atoms with Crippen molar-refractivity contribution >= 4 is 20.4 Å². The molecule has 31 heavy (non-hydrogen) atoms. The maximum atomic E-state index is 14.7. The normalized spacial score (nSPS) is 14.6. The maximum Gasteiger partial charge on any atom is 0.408 e. The van der Waals surface area contributed by atoms with E-state index in [2.05, 4.69) is 5.32 Å². The first kappa shape index (κ1) is 27.1. The lowest BCUT2D eigenvalue weighted by Crippen LogP contribution is -2.55. The molecular formula is C23H38FNO5Si. The van der Waals surface area contributed by atoms with E-state index in [1.807, 2.05) is 41.5 Å². The third-order valence-corrected chi connectivity index (χ3v) is 11.6. The van der Waals surface area contributed by atoms with Gasteiger partial charge in [-0.2, -0.15) is 0 Å². The van der Waals surface area contributed by atoms with E-state index in [1.165, 1.54) is 18.2 Å². The molecule has 0 aliphatic heterocycles. The van der Waals surface area contributed by atoms with Crippen molar-refractivity contribution in [2.75, 3.05) is 0 Å². The van der Waals surface area contributed by atoms with Crippen LogP contribution in [-0.4, -0.2) is 37.2 Å². The fourth-order valence-electron chi connectivity index (χ4n) is 4.37. The molecule has 8 heteroatoms. The molecule has 0 saturated heterocycles. The minimum absolute atomic E-state index is 0.0416. The molecule has 0 aliphatic carbocycles. The summed E-state index contributed by atoms with van der Waals surface area (Å²) in [6.45, 7) is 17.3. The summed E-state index contributed by atoms with van der Waals surface area (Å²) in [7, 11) is -2.66. The molecule has 0 aliphatic rings. The molecule has 0 spiro atoms. The van der Waals surface area contributed by atoms with Crippen LogP contribution in [0.4, 0.5) is 9.18 Å². The summed E-state index contributed by atoms with van der Waals surface area (Å²) in [5, 5.41) is 12.7. The lowest BCUT2D eigenvalue weighted by atomic mass is 10.0. The second-order valence-corrected chi connectivity index (χ2v) is 15.2. The zero-order valence-electron chi connectivity index (χ0n) is 20.2. The van der Waals surface area contributed by atoms with E-state index in [0.29, 0.717) is 0 Å². The molecule has 6 nitrogen and oxygen atoms in total. The number of carboxylic acids is 1. The lowest BCUT2D eigenvalue weighted by Gasteiger charge is -2.45. The van der Waals surface area contributed by atoms with E-state index >= 15 is 0 Å². The van der Waals surface area contributed by atoms with Crippen molar-refractivity contribution < 1.29 is 28.2 Å². The molecule has 1 aromatic rings. The molecule has 0 fully saturated rings. The van der Waals surface area contributed by atoms with Crippen LogP contribution in [0.2, 0.25) is 16.6 Å². The van der Waals surface area contributed by atoms with Crippen LogP contribution in [0.25, 0.3) is 0 Å². The molecule has 0 heterocycles. The molecule has 2 atom stereocenters. The average molecular weight is 456 g/mol. The minimum atomic E-state index is -2.66. The summed E-state index contributed by atoms with van der Waals surface area (Å²) in [6, 6.07) is 4.54. The van der Waals surface area contributed by atoms with Crippen LogP contribution in [0.3, 0.4) is 0 Å². The molecule has 0 unspecified atom stereocenters. The number of benzene rings is 1. The number of amides is 1. The van der Waals surface area contributed by atoms with Gasteiger partial charge in [-0.05, 0) is 43.5 Å². The molecule has 1 rings (SSSR count). The number of nitrogens with one attached hydrogen (secondary N) is 1. The van der Waals surface area contributed by atoms with Gasteiger partial charge in [0.15, 0.2) is 6.10 Å². The van der Waals surface area contributed by atoms with E-state index in [4.69, 9.17) is 9.16 Å². The van der Waals surface area contributed by atoms with E-state index < -0.39 is 43.9 Å². The van der Waals surface area contributed by atoms with E-state index in [9.17, 15) is 19.1 Å². The smallest absolute Gasteiger partial charge is 0.408 e. The number of aliphatic carboxylic acids is 1. The molecule has 0 bridgehead atoms. The van der Waals surface area contributed by atoms with Gasteiger partial charge in [0.05, 0.1) is 6.04 Å². The van der Waals surface area contributed by atoms with Crippen LogP contribution in [0.5, 0.6) is 0 Å². The summed E-state index contributed by atoms with van der Waals surface area (Å²) in [4.78, 5) is 25.0. The highest BCUT2D eigenvalue weighted by molar-refractivity contribution is 6.77. The molecule has 0 saturated carbocycles. The highest BCUT2D eigenvalue weighted by Gasteiger charge is 2.50. The Kier molecular flexibility index (Phi) is 9.26. The Labute approximate surface area is 186 Å². The highest BCUT2D eigenvalue weighted by Crippen LogP contribution is 2.44. The summed E-state index contributed by atoms with van der Waals surface area (Å²) < 4.78 is 26.5. The number of halogens is 1. The Morgan fingerprint density at radius 3 is 1.87 bits per heavy atom. The topological polar surface area (TPSA) is 84.9 Å². The van der Waals surface area contributed by atoms with Crippen LogP contribution in [0.15, 0.2) is 24.3 Å². The van der Waals surface area contributed by atoms with Crippen molar-refractivity contribution in [3.8, 4) is 0 Å². The van der Waals surface area contributed by atoms with Gasteiger partial charge in [-0.3, -0.25) is 0 Å². The van der Waals surface area contributed by atoms with Crippen molar-refractivity contribution in [1.29, 1.82) is 0 Å². The van der Waals surface area contributed by atoms with E-state index in [0.717, 1.165) is 0 Å². The first-order valence-corrected chi connectivity index (χ1v) is 12.9. The minimum Gasteiger partial charge on any atom is -0.479 e. The molecule has 0 aromatic heterocycles. The lowest BCUT2D eigenvalue weighted by molar-refractivity contribution is -0.147. The monoisotopic (exact) mass is 455 g/mol. The number of alkyl carbamates (subject to hydrolysis) is 1. The van der Waals surface area contributed by atoms with Crippen molar-refractivity contribution in [2.45, 2.75) is 96.7 Å². The van der Waals surface area contributed by atoms with Crippen molar-refractivity contribution in [3.05, 3.63) is 35.6 Å². The zero-order valence-corrected chi connectivity index (χ0v) is 21.2. The number of carboxylic acid groups (broad SMARTS) is 1. The third kappa shape index (κ3) is 6.77. The Bertz CT molecular complexity index is 739. The van der Waals surface area contributed by atoms with Gasteiger partial charge in [0, 0.05) is 5.56 Å².